The van der Waals surface area contributed by atoms with Gasteiger partial charge >= 0.3 is 0 Å². The Kier molecular flexibility index (Phi) is 4.75. The predicted molar refractivity (Wildman–Crippen MR) is 72.1 cm³/mol. The Balaban J connectivity index is 1.83. The lowest BCUT2D eigenvalue weighted by Crippen LogP contribution is -2.24. The molecule has 0 radical (unpaired) electrons. The second-order valence-electron chi connectivity index (χ2n) is 4.58. The molecule has 5 nitrogen and oxygen atoms in total. The third kappa shape index (κ3) is 3.84. The highest BCUT2D eigenvalue weighted by Gasteiger charge is 2.13. The van der Waals surface area contributed by atoms with E-state index in [9.17, 15) is 0 Å². The average Bonchev–Trinajstić information content (AvgIpc) is 2.82. The summed E-state index contributed by atoms with van der Waals surface area (Å²) < 4.78 is 5.40. The van der Waals surface area contributed by atoms with Crippen LogP contribution in [0.2, 0.25) is 0 Å². The van der Waals surface area contributed by atoms with Crippen molar-refractivity contribution in [2.45, 2.75) is 39.2 Å². The van der Waals surface area contributed by atoms with Gasteiger partial charge in [-0.2, -0.15) is 4.98 Å². The molecule has 2 rings (SSSR count). The summed E-state index contributed by atoms with van der Waals surface area (Å²) in [5.41, 5.74) is 0. The minimum atomic E-state index is 0.627. The molecule has 0 saturated carbocycles. The van der Waals surface area contributed by atoms with Crippen LogP contribution in [0, 0.1) is 6.92 Å². The molecule has 0 aromatic carbocycles. The van der Waals surface area contributed by atoms with E-state index in [2.05, 4.69) is 20.6 Å². The molecule has 1 aromatic rings. The van der Waals surface area contributed by atoms with Gasteiger partial charge in [0.05, 0.1) is 6.61 Å². The summed E-state index contributed by atoms with van der Waals surface area (Å²) in [6.45, 7) is 6.55. The third-order valence-corrected chi connectivity index (χ3v) is 3.07. The van der Waals surface area contributed by atoms with E-state index in [1.165, 1.54) is 12.8 Å². The highest BCUT2D eigenvalue weighted by atomic mass is 16.5. The molecule has 18 heavy (non-hydrogen) atoms. The second kappa shape index (κ2) is 6.54. The van der Waals surface area contributed by atoms with E-state index >= 15 is 0 Å². The number of rotatable bonds is 6. The lowest BCUT2D eigenvalue weighted by Gasteiger charge is -2.12. The van der Waals surface area contributed by atoms with Crippen molar-refractivity contribution in [1.29, 1.82) is 0 Å². The Morgan fingerprint density at radius 1 is 1.50 bits per heavy atom. The average molecular weight is 250 g/mol. The quantitative estimate of drug-likeness (QED) is 0.805. The topological polar surface area (TPSA) is 59.1 Å². The fourth-order valence-corrected chi connectivity index (χ4v) is 2.23. The van der Waals surface area contributed by atoms with E-state index in [4.69, 9.17) is 4.74 Å². The van der Waals surface area contributed by atoms with E-state index in [0.717, 1.165) is 31.2 Å². The van der Waals surface area contributed by atoms with Crippen LogP contribution in [-0.4, -0.2) is 35.7 Å². The molecule has 1 atom stereocenters. The molecule has 0 bridgehead atoms. The molecule has 1 saturated heterocycles. The van der Waals surface area contributed by atoms with Gasteiger partial charge in [0.15, 0.2) is 0 Å². The third-order valence-electron chi connectivity index (χ3n) is 3.07. The number of ether oxygens (including phenoxy) is 1. The monoisotopic (exact) mass is 250 g/mol. The molecule has 5 heteroatoms. The molecule has 0 aliphatic carbocycles. The molecule has 1 aromatic heterocycles. The van der Waals surface area contributed by atoms with Crippen molar-refractivity contribution in [1.82, 2.24) is 15.3 Å². The van der Waals surface area contributed by atoms with Crippen LogP contribution in [-0.2, 0) is 0 Å². The molecule has 1 aliphatic heterocycles. The Hall–Kier alpha value is -1.36. The maximum atomic E-state index is 5.40. The molecule has 1 aliphatic rings. The van der Waals surface area contributed by atoms with Crippen molar-refractivity contribution in [3.63, 3.8) is 0 Å². The zero-order valence-electron chi connectivity index (χ0n) is 11.2. The largest absolute Gasteiger partial charge is 0.478 e. The first kappa shape index (κ1) is 13.1. The molecule has 100 valence electrons. The summed E-state index contributed by atoms with van der Waals surface area (Å²) in [6, 6.07) is 2.52. The van der Waals surface area contributed by atoms with E-state index in [-0.39, 0.29) is 0 Å². The standard InChI is InChI=1S/C13H22N4O/c1-3-18-13-9-12(16-10(2)17-13)15-8-6-11-5-4-7-14-11/h9,11,14H,3-8H2,1-2H3,(H,15,16,17)/t11-/m0/s1. The van der Waals surface area contributed by atoms with Gasteiger partial charge in [-0.3, -0.25) is 0 Å². The first-order valence-electron chi connectivity index (χ1n) is 6.73. The van der Waals surface area contributed by atoms with Gasteiger partial charge in [0, 0.05) is 18.7 Å². The second-order valence-corrected chi connectivity index (χ2v) is 4.58. The van der Waals surface area contributed by atoms with Crippen LogP contribution in [0.4, 0.5) is 5.82 Å². The van der Waals surface area contributed by atoms with E-state index in [0.29, 0.717) is 18.5 Å². The molecule has 0 spiro atoms. The van der Waals surface area contributed by atoms with Crippen molar-refractivity contribution in [3.8, 4) is 5.88 Å². The molecular formula is C13H22N4O. The van der Waals surface area contributed by atoms with Gasteiger partial charge in [0.25, 0.3) is 0 Å². The summed E-state index contributed by atoms with van der Waals surface area (Å²) in [7, 11) is 0. The van der Waals surface area contributed by atoms with Crippen LogP contribution < -0.4 is 15.4 Å². The Bertz CT molecular complexity index is 377. The molecular weight excluding hydrogens is 228 g/mol. The fourth-order valence-electron chi connectivity index (χ4n) is 2.23. The highest BCUT2D eigenvalue weighted by Crippen LogP contribution is 2.14. The predicted octanol–water partition coefficient (Wildman–Crippen LogP) is 1.74. The molecule has 2 N–H and O–H groups in total. The van der Waals surface area contributed by atoms with Crippen LogP contribution in [0.1, 0.15) is 32.0 Å². The summed E-state index contributed by atoms with van der Waals surface area (Å²) in [5, 5.41) is 6.83. The van der Waals surface area contributed by atoms with E-state index in [1.54, 1.807) is 0 Å². The van der Waals surface area contributed by atoms with Gasteiger partial charge in [-0.25, -0.2) is 4.98 Å². The van der Waals surface area contributed by atoms with Gasteiger partial charge in [-0.1, -0.05) is 0 Å². The van der Waals surface area contributed by atoms with E-state index in [1.807, 2.05) is 19.9 Å². The number of aryl methyl sites for hydroxylation is 1. The van der Waals surface area contributed by atoms with Crippen molar-refractivity contribution in [2.24, 2.45) is 0 Å². The van der Waals surface area contributed by atoms with Gasteiger partial charge < -0.3 is 15.4 Å². The normalized spacial score (nSPS) is 18.9. The number of nitrogens with one attached hydrogen (secondary N) is 2. The molecule has 1 fully saturated rings. The molecule has 2 heterocycles. The fraction of sp³-hybridized carbons (Fsp3) is 0.692. The number of aromatic nitrogens is 2. The first-order chi connectivity index (χ1) is 8.78. The van der Waals surface area contributed by atoms with Crippen LogP contribution in [0.15, 0.2) is 6.07 Å². The van der Waals surface area contributed by atoms with Gasteiger partial charge in [0.1, 0.15) is 11.6 Å². The van der Waals surface area contributed by atoms with Crippen LogP contribution in [0.5, 0.6) is 5.88 Å². The Labute approximate surface area is 108 Å². The van der Waals surface area contributed by atoms with Gasteiger partial charge in [0.2, 0.25) is 5.88 Å². The molecule has 0 unspecified atom stereocenters. The lowest BCUT2D eigenvalue weighted by molar-refractivity contribution is 0.325. The lowest BCUT2D eigenvalue weighted by atomic mass is 10.1. The maximum absolute atomic E-state index is 5.40. The minimum absolute atomic E-state index is 0.627. The van der Waals surface area contributed by atoms with Crippen molar-refractivity contribution < 1.29 is 4.74 Å². The zero-order valence-corrected chi connectivity index (χ0v) is 11.2. The van der Waals surface area contributed by atoms with Crippen molar-refractivity contribution >= 4 is 5.82 Å². The summed E-state index contributed by atoms with van der Waals surface area (Å²) in [5.74, 6) is 2.23. The van der Waals surface area contributed by atoms with Crippen LogP contribution >= 0.6 is 0 Å². The maximum Gasteiger partial charge on any atom is 0.218 e. The first-order valence-corrected chi connectivity index (χ1v) is 6.73. The van der Waals surface area contributed by atoms with Gasteiger partial charge in [-0.05, 0) is 39.7 Å². The summed E-state index contributed by atoms with van der Waals surface area (Å²) >= 11 is 0. The van der Waals surface area contributed by atoms with Gasteiger partial charge in [-0.15, -0.1) is 0 Å². The van der Waals surface area contributed by atoms with Crippen LogP contribution in [0.3, 0.4) is 0 Å². The zero-order chi connectivity index (χ0) is 12.8. The SMILES string of the molecule is CCOc1cc(NCC[C@@H]2CCCN2)nc(C)n1. The Morgan fingerprint density at radius 3 is 3.11 bits per heavy atom. The van der Waals surface area contributed by atoms with E-state index < -0.39 is 0 Å². The summed E-state index contributed by atoms with van der Waals surface area (Å²) in [4.78, 5) is 8.58. The van der Waals surface area contributed by atoms with Crippen molar-refractivity contribution in [2.75, 3.05) is 25.0 Å². The van der Waals surface area contributed by atoms with Crippen LogP contribution in [0.25, 0.3) is 0 Å². The number of nitrogens with zero attached hydrogens (tertiary/aromatic N) is 2. The minimum Gasteiger partial charge on any atom is -0.478 e. The van der Waals surface area contributed by atoms with Crippen molar-refractivity contribution in [3.05, 3.63) is 11.9 Å². The smallest absolute Gasteiger partial charge is 0.218 e. The summed E-state index contributed by atoms with van der Waals surface area (Å²) in [6.07, 6.45) is 3.72. The number of hydrogen-bond donors (Lipinski definition) is 2. The highest BCUT2D eigenvalue weighted by molar-refractivity contribution is 5.38. The number of hydrogen-bond acceptors (Lipinski definition) is 5. The number of anilines is 1. The Morgan fingerprint density at radius 2 is 2.39 bits per heavy atom. The molecule has 0 amide bonds.